The van der Waals surface area contributed by atoms with E-state index in [2.05, 4.69) is 43.4 Å². The highest BCUT2D eigenvalue weighted by atomic mass is 16.5. The van der Waals surface area contributed by atoms with E-state index in [1.165, 1.54) is 5.56 Å². The second-order valence-corrected chi connectivity index (χ2v) is 3.86. The standard InChI is InChI=1S/C13H21NO/c1-4-13(10-15-3)14-11(2)12-8-6-5-7-9-12/h5-9,11,13-14H,4,10H2,1-3H3. The molecule has 0 aliphatic carbocycles. The summed E-state index contributed by atoms with van der Waals surface area (Å²) in [5, 5.41) is 3.56. The molecule has 0 saturated heterocycles. The van der Waals surface area contributed by atoms with Crippen LogP contribution in [-0.2, 0) is 4.74 Å². The Kier molecular flexibility index (Phi) is 5.37. The average molecular weight is 207 g/mol. The Bertz CT molecular complexity index is 260. The van der Waals surface area contributed by atoms with Gasteiger partial charge in [0.15, 0.2) is 0 Å². The third-order valence-electron chi connectivity index (χ3n) is 2.65. The van der Waals surface area contributed by atoms with Crippen LogP contribution in [0.4, 0.5) is 0 Å². The first-order valence-electron chi connectivity index (χ1n) is 5.57. The molecule has 0 aliphatic rings. The van der Waals surface area contributed by atoms with Gasteiger partial charge in [0.25, 0.3) is 0 Å². The highest BCUT2D eigenvalue weighted by Gasteiger charge is 2.10. The zero-order valence-corrected chi connectivity index (χ0v) is 9.86. The molecule has 0 heterocycles. The van der Waals surface area contributed by atoms with Crippen LogP contribution in [0, 0.1) is 0 Å². The van der Waals surface area contributed by atoms with Gasteiger partial charge in [0.2, 0.25) is 0 Å². The van der Waals surface area contributed by atoms with Crippen LogP contribution in [0.1, 0.15) is 31.9 Å². The maximum atomic E-state index is 5.17. The SMILES string of the molecule is CCC(COC)NC(C)c1ccccc1. The van der Waals surface area contributed by atoms with Gasteiger partial charge in [-0.2, -0.15) is 0 Å². The van der Waals surface area contributed by atoms with E-state index in [1.54, 1.807) is 7.11 Å². The number of methoxy groups -OCH3 is 1. The zero-order chi connectivity index (χ0) is 11.1. The molecule has 2 heteroatoms. The lowest BCUT2D eigenvalue weighted by Crippen LogP contribution is -2.34. The molecule has 0 radical (unpaired) electrons. The number of benzene rings is 1. The molecule has 2 nitrogen and oxygen atoms in total. The Hall–Kier alpha value is -0.860. The van der Waals surface area contributed by atoms with Gasteiger partial charge in [-0.05, 0) is 18.9 Å². The molecular weight excluding hydrogens is 186 g/mol. The molecule has 0 fully saturated rings. The molecule has 0 aliphatic heterocycles. The van der Waals surface area contributed by atoms with Crippen LogP contribution < -0.4 is 5.32 Å². The maximum Gasteiger partial charge on any atom is 0.0615 e. The van der Waals surface area contributed by atoms with E-state index in [9.17, 15) is 0 Å². The Morgan fingerprint density at radius 1 is 1.27 bits per heavy atom. The predicted molar refractivity (Wildman–Crippen MR) is 63.9 cm³/mol. The molecule has 2 atom stereocenters. The number of nitrogens with one attached hydrogen (secondary N) is 1. The van der Waals surface area contributed by atoms with Gasteiger partial charge in [-0.1, -0.05) is 37.3 Å². The van der Waals surface area contributed by atoms with Crippen molar-refractivity contribution in [1.82, 2.24) is 5.32 Å². The van der Waals surface area contributed by atoms with E-state index in [-0.39, 0.29) is 0 Å². The first-order chi connectivity index (χ1) is 7.27. The van der Waals surface area contributed by atoms with Crippen molar-refractivity contribution in [2.45, 2.75) is 32.4 Å². The molecule has 0 spiro atoms. The van der Waals surface area contributed by atoms with E-state index < -0.39 is 0 Å². The molecule has 2 unspecified atom stereocenters. The van der Waals surface area contributed by atoms with Crippen molar-refractivity contribution in [3.8, 4) is 0 Å². The fourth-order valence-electron chi connectivity index (χ4n) is 1.68. The van der Waals surface area contributed by atoms with Gasteiger partial charge >= 0.3 is 0 Å². The molecule has 1 rings (SSSR count). The Balaban J connectivity index is 2.50. The lowest BCUT2D eigenvalue weighted by molar-refractivity contribution is 0.159. The van der Waals surface area contributed by atoms with Crippen LogP contribution in [0.25, 0.3) is 0 Å². The lowest BCUT2D eigenvalue weighted by Gasteiger charge is -2.21. The fraction of sp³-hybridized carbons (Fsp3) is 0.538. The zero-order valence-electron chi connectivity index (χ0n) is 9.86. The van der Waals surface area contributed by atoms with Gasteiger partial charge in [0.1, 0.15) is 0 Å². The first kappa shape index (κ1) is 12.2. The molecular formula is C13H21NO. The molecule has 0 bridgehead atoms. The van der Waals surface area contributed by atoms with Crippen LogP contribution in [-0.4, -0.2) is 19.8 Å². The smallest absolute Gasteiger partial charge is 0.0615 e. The van der Waals surface area contributed by atoms with Crippen LogP contribution in [0.15, 0.2) is 30.3 Å². The minimum absolute atomic E-state index is 0.381. The lowest BCUT2D eigenvalue weighted by atomic mass is 10.1. The molecule has 1 aromatic carbocycles. The molecule has 84 valence electrons. The summed E-state index contributed by atoms with van der Waals surface area (Å²) in [6.45, 7) is 5.13. The third-order valence-corrected chi connectivity index (χ3v) is 2.65. The molecule has 1 N–H and O–H groups in total. The van der Waals surface area contributed by atoms with E-state index >= 15 is 0 Å². The van der Waals surface area contributed by atoms with Crippen molar-refractivity contribution in [2.75, 3.05) is 13.7 Å². The fourth-order valence-corrected chi connectivity index (χ4v) is 1.68. The predicted octanol–water partition coefficient (Wildman–Crippen LogP) is 2.76. The minimum Gasteiger partial charge on any atom is -0.383 e. The Labute approximate surface area is 92.6 Å². The van der Waals surface area contributed by atoms with Crippen LogP contribution in [0.2, 0.25) is 0 Å². The van der Waals surface area contributed by atoms with Crippen LogP contribution in [0.3, 0.4) is 0 Å². The quantitative estimate of drug-likeness (QED) is 0.774. The van der Waals surface area contributed by atoms with E-state index in [0.717, 1.165) is 13.0 Å². The van der Waals surface area contributed by atoms with Crippen LogP contribution >= 0.6 is 0 Å². The van der Waals surface area contributed by atoms with E-state index in [4.69, 9.17) is 4.74 Å². The highest BCUT2D eigenvalue weighted by Crippen LogP contribution is 2.12. The van der Waals surface area contributed by atoms with Gasteiger partial charge in [0.05, 0.1) is 6.61 Å². The van der Waals surface area contributed by atoms with Gasteiger partial charge < -0.3 is 10.1 Å². The van der Waals surface area contributed by atoms with Crippen molar-refractivity contribution >= 4 is 0 Å². The second kappa shape index (κ2) is 6.59. The summed E-state index contributed by atoms with van der Waals surface area (Å²) < 4.78 is 5.17. The minimum atomic E-state index is 0.381. The van der Waals surface area contributed by atoms with Gasteiger partial charge in [-0.25, -0.2) is 0 Å². The van der Waals surface area contributed by atoms with Gasteiger partial charge in [0, 0.05) is 19.2 Å². The summed E-state index contributed by atoms with van der Waals surface area (Å²) in [6.07, 6.45) is 1.09. The van der Waals surface area contributed by atoms with Crippen molar-refractivity contribution in [3.63, 3.8) is 0 Å². The summed E-state index contributed by atoms with van der Waals surface area (Å²) in [6, 6.07) is 11.3. The Morgan fingerprint density at radius 3 is 2.47 bits per heavy atom. The van der Waals surface area contributed by atoms with Gasteiger partial charge in [-0.15, -0.1) is 0 Å². The summed E-state index contributed by atoms with van der Waals surface area (Å²) in [5.74, 6) is 0. The third kappa shape index (κ3) is 4.02. The topological polar surface area (TPSA) is 21.3 Å². The summed E-state index contributed by atoms with van der Waals surface area (Å²) in [7, 11) is 1.75. The van der Waals surface area contributed by atoms with Crippen molar-refractivity contribution in [1.29, 1.82) is 0 Å². The number of hydrogen-bond acceptors (Lipinski definition) is 2. The second-order valence-electron chi connectivity index (χ2n) is 3.86. The van der Waals surface area contributed by atoms with Gasteiger partial charge in [-0.3, -0.25) is 0 Å². The van der Waals surface area contributed by atoms with Crippen LogP contribution in [0.5, 0.6) is 0 Å². The summed E-state index contributed by atoms with van der Waals surface area (Å²) >= 11 is 0. The number of ether oxygens (including phenoxy) is 1. The van der Waals surface area contributed by atoms with E-state index in [1.807, 2.05) is 6.07 Å². The number of hydrogen-bond donors (Lipinski definition) is 1. The highest BCUT2D eigenvalue weighted by molar-refractivity contribution is 5.18. The van der Waals surface area contributed by atoms with Crippen molar-refractivity contribution in [2.24, 2.45) is 0 Å². The normalized spacial score (nSPS) is 14.9. The van der Waals surface area contributed by atoms with E-state index in [0.29, 0.717) is 12.1 Å². The average Bonchev–Trinajstić information content (AvgIpc) is 2.29. The first-order valence-corrected chi connectivity index (χ1v) is 5.57. The summed E-state index contributed by atoms with van der Waals surface area (Å²) in [4.78, 5) is 0. The molecule has 1 aromatic rings. The van der Waals surface area contributed by atoms with Crippen molar-refractivity contribution < 1.29 is 4.74 Å². The largest absolute Gasteiger partial charge is 0.383 e. The molecule has 15 heavy (non-hydrogen) atoms. The number of rotatable bonds is 6. The summed E-state index contributed by atoms with van der Waals surface area (Å²) in [5.41, 5.74) is 1.33. The van der Waals surface area contributed by atoms with Crippen molar-refractivity contribution in [3.05, 3.63) is 35.9 Å². The molecule has 0 aromatic heterocycles. The monoisotopic (exact) mass is 207 g/mol. The Morgan fingerprint density at radius 2 is 1.93 bits per heavy atom. The maximum absolute atomic E-state index is 5.17. The molecule has 0 amide bonds. The molecule has 0 saturated carbocycles.